The Morgan fingerprint density at radius 3 is 2.25 bits per heavy atom. The van der Waals surface area contributed by atoms with Crippen LogP contribution in [0.4, 0.5) is 15.8 Å². The van der Waals surface area contributed by atoms with Crippen LogP contribution in [0.2, 0.25) is 0 Å². The van der Waals surface area contributed by atoms with Crippen LogP contribution in [0.3, 0.4) is 0 Å². The van der Waals surface area contributed by atoms with Gasteiger partial charge in [-0.05, 0) is 55.3 Å². The standard InChI is InChI=1S/C26H20FN3O6/c1-3-36-18-9-5-15(6-10-18)22-23(26(33)28(22)16-7-4-14(2)21(27)13-16)29-24(31)19-11-8-17(30(34)35)12-20(19)25(29)32/h4-13,22-23H,3H2,1-2H3/t22-,23-/m1/s1. The Hall–Kier alpha value is -4.60. The zero-order chi connectivity index (χ0) is 25.7. The number of nitrogens with zero attached hydrogens (tertiary/aromatic N) is 3. The number of nitro groups is 1. The maximum absolute atomic E-state index is 14.4. The van der Waals surface area contributed by atoms with Crippen LogP contribution in [-0.4, -0.2) is 40.2 Å². The number of carbonyl (C=O) groups is 3. The van der Waals surface area contributed by atoms with E-state index in [4.69, 9.17) is 4.74 Å². The van der Waals surface area contributed by atoms with Crippen LogP contribution < -0.4 is 9.64 Å². The summed E-state index contributed by atoms with van der Waals surface area (Å²) < 4.78 is 19.9. The fourth-order valence-corrected chi connectivity index (χ4v) is 4.62. The number of rotatable bonds is 6. The maximum Gasteiger partial charge on any atom is 0.270 e. The van der Waals surface area contributed by atoms with Crippen molar-refractivity contribution in [1.82, 2.24) is 4.90 Å². The number of benzene rings is 3. The van der Waals surface area contributed by atoms with Gasteiger partial charge in [0, 0.05) is 17.8 Å². The third-order valence-electron chi connectivity index (χ3n) is 6.42. The second kappa shape index (κ2) is 8.56. The van der Waals surface area contributed by atoms with Gasteiger partial charge in [0.1, 0.15) is 17.6 Å². The van der Waals surface area contributed by atoms with Crippen LogP contribution in [0.25, 0.3) is 0 Å². The first-order chi connectivity index (χ1) is 17.2. The summed E-state index contributed by atoms with van der Waals surface area (Å²) in [6.45, 7) is 3.90. The summed E-state index contributed by atoms with van der Waals surface area (Å²) in [5, 5.41) is 11.2. The molecular weight excluding hydrogens is 469 g/mol. The lowest BCUT2D eigenvalue weighted by atomic mass is 9.86. The summed E-state index contributed by atoms with van der Waals surface area (Å²) >= 11 is 0. The third kappa shape index (κ3) is 3.49. The van der Waals surface area contributed by atoms with Gasteiger partial charge in [-0.15, -0.1) is 0 Å². The molecule has 5 rings (SSSR count). The number of carbonyl (C=O) groups excluding carboxylic acids is 3. The van der Waals surface area contributed by atoms with E-state index in [2.05, 4.69) is 0 Å². The minimum atomic E-state index is -1.21. The molecule has 0 saturated carbocycles. The predicted molar refractivity (Wildman–Crippen MR) is 126 cm³/mol. The van der Waals surface area contributed by atoms with Gasteiger partial charge in [0.2, 0.25) is 0 Å². The Morgan fingerprint density at radius 1 is 0.917 bits per heavy atom. The van der Waals surface area contributed by atoms with E-state index in [1.807, 2.05) is 6.92 Å². The monoisotopic (exact) mass is 489 g/mol. The maximum atomic E-state index is 14.4. The van der Waals surface area contributed by atoms with Gasteiger partial charge >= 0.3 is 0 Å². The first kappa shape index (κ1) is 23.2. The van der Waals surface area contributed by atoms with Crippen LogP contribution in [0, 0.1) is 22.9 Å². The Balaban J connectivity index is 1.57. The minimum absolute atomic E-state index is 0.0105. The highest BCUT2D eigenvalue weighted by atomic mass is 19.1. The van der Waals surface area contributed by atoms with Crippen LogP contribution >= 0.6 is 0 Å². The van der Waals surface area contributed by atoms with Crippen molar-refractivity contribution in [3.05, 3.63) is 98.8 Å². The summed E-state index contributed by atoms with van der Waals surface area (Å²) in [5.74, 6) is -1.97. The lowest BCUT2D eigenvalue weighted by Crippen LogP contribution is -2.67. The van der Waals surface area contributed by atoms with Crippen molar-refractivity contribution in [2.75, 3.05) is 11.5 Å². The molecule has 10 heteroatoms. The van der Waals surface area contributed by atoms with Crippen molar-refractivity contribution in [1.29, 1.82) is 0 Å². The number of imide groups is 1. The summed E-state index contributed by atoms with van der Waals surface area (Å²) in [6, 6.07) is 12.6. The fourth-order valence-electron chi connectivity index (χ4n) is 4.62. The number of fused-ring (bicyclic) bond motifs is 1. The number of β-lactam (4-membered cyclic amide) rings is 1. The smallest absolute Gasteiger partial charge is 0.270 e. The molecule has 2 heterocycles. The quantitative estimate of drug-likeness (QED) is 0.222. The SMILES string of the molecule is CCOc1ccc([C@@H]2[C@@H](N3C(=O)c4ccc([N+](=O)[O-])cc4C3=O)C(=O)N2c2ccc(C)c(F)c2)cc1. The molecule has 3 aromatic carbocycles. The predicted octanol–water partition coefficient (Wildman–Crippen LogP) is 4.19. The zero-order valence-electron chi connectivity index (χ0n) is 19.3. The number of hydrogen-bond acceptors (Lipinski definition) is 6. The van der Waals surface area contributed by atoms with Gasteiger partial charge in [-0.2, -0.15) is 0 Å². The molecule has 2 aliphatic heterocycles. The molecule has 2 atom stereocenters. The molecule has 0 spiro atoms. The molecule has 0 aliphatic carbocycles. The summed E-state index contributed by atoms with van der Waals surface area (Å²) in [5.41, 5.74) is 0.812. The first-order valence-electron chi connectivity index (χ1n) is 11.2. The van der Waals surface area contributed by atoms with Crippen molar-refractivity contribution in [3.8, 4) is 5.75 Å². The van der Waals surface area contributed by atoms with E-state index < -0.39 is 40.5 Å². The first-order valence-corrected chi connectivity index (χ1v) is 11.2. The number of aryl methyl sites for hydroxylation is 1. The van der Waals surface area contributed by atoms with E-state index >= 15 is 0 Å². The number of anilines is 1. The molecule has 1 saturated heterocycles. The Labute approximate surface area is 204 Å². The average Bonchev–Trinajstić information content (AvgIpc) is 3.10. The lowest BCUT2D eigenvalue weighted by Gasteiger charge is -2.49. The average molecular weight is 489 g/mol. The molecule has 0 bridgehead atoms. The largest absolute Gasteiger partial charge is 0.494 e. The van der Waals surface area contributed by atoms with E-state index in [1.165, 1.54) is 17.0 Å². The minimum Gasteiger partial charge on any atom is -0.494 e. The van der Waals surface area contributed by atoms with E-state index in [1.54, 1.807) is 43.3 Å². The van der Waals surface area contributed by atoms with Gasteiger partial charge in [-0.25, -0.2) is 4.39 Å². The molecule has 0 radical (unpaired) electrons. The molecule has 2 aliphatic rings. The normalized spacial score (nSPS) is 18.8. The highest BCUT2D eigenvalue weighted by Crippen LogP contribution is 2.45. The van der Waals surface area contributed by atoms with Gasteiger partial charge in [0.15, 0.2) is 0 Å². The van der Waals surface area contributed by atoms with Gasteiger partial charge in [-0.1, -0.05) is 18.2 Å². The van der Waals surface area contributed by atoms with Crippen LogP contribution in [0.1, 0.15) is 44.8 Å². The molecule has 0 N–H and O–H groups in total. The number of non-ortho nitro benzene ring substituents is 1. The summed E-state index contributed by atoms with van der Waals surface area (Å²) in [4.78, 5) is 52.6. The molecule has 0 aromatic heterocycles. The van der Waals surface area contributed by atoms with Crippen LogP contribution in [-0.2, 0) is 4.79 Å². The molecule has 182 valence electrons. The number of nitro benzene ring substituents is 1. The van der Waals surface area contributed by atoms with E-state index in [9.17, 15) is 28.9 Å². The van der Waals surface area contributed by atoms with Crippen molar-refractivity contribution in [3.63, 3.8) is 0 Å². The van der Waals surface area contributed by atoms with Gasteiger partial charge in [0.05, 0.1) is 28.7 Å². The van der Waals surface area contributed by atoms with Gasteiger partial charge < -0.3 is 9.64 Å². The van der Waals surface area contributed by atoms with Gasteiger partial charge in [0.25, 0.3) is 23.4 Å². The van der Waals surface area contributed by atoms with E-state index in [-0.39, 0.29) is 22.5 Å². The lowest BCUT2D eigenvalue weighted by molar-refractivity contribution is -0.384. The molecule has 9 nitrogen and oxygen atoms in total. The van der Waals surface area contributed by atoms with Crippen molar-refractivity contribution in [2.24, 2.45) is 0 Å². The number of halogens is 1. The fraction of sp³-hybridized carbons (Fsp3) is 0.192. The molecule has 3 aromatic rings. The number of ether oxygens (including phenoxy) is 1. The number of amides is 3. The van der Waals surface area contributed by atoms with Gasteiger partial charge in [-0.3, -0.25) is 29.4 Å². The second-order valence-corrected chi connectivity index (χ2v) is 8.50. The molecule has 3 amide bonds. The third-order valence-corrected chi connectivity index (χ3v) is 6.42. The topological polar surface area (TPSA) is 110 Å². The summed E-state index contributed by atoms with van der Waals surface area (Å²) in [7, 11) is 0. The Morgan fingerprint density at radius 2 is 1.61 bits per heavy atom. The molecule has 0 unspecified atom stereocenters. The Bertz CT molecular complexity index is 1440. The summed E-state index contributed by atoms with van der Waals surface area (Å²) in [6.07, 6.45) is 0. The van der Waals surface area contributed by atoms with Crippen molar-refractivity contribution in [2.45, 2.75) is 25.9 Å². The zero-order valence-corrected chi connectivity index (χ0v) is 19.3. The number of hydrogen-bond donors (Lipinski definition) is 0. The highest BCUT2D eigenvalue weighted by Gasteiger charge is 2.57. The second-order valence-electron chi connectivity index (χ2n) is 8.50. The van der Waals surface area contributed by atoms with E-state index in [0.29, 0.717) is 23.5 Å². The van der Waals surface area contributed by atoms with Crippen molar-refractivity contribution < 1.29 is 28.4 Å². The molecular formula is C26H20FN3O6. The van der Waals surface area contributed by atoms with Crippen LogP contribution in [0.15, 0.2) is 60.7 Å². The molecule has 36 heavy (non-hydrogen) atoms. The van der Waals surface area contributed by atoms with Crippen LogP contribution in [0.5, 0.6) is 5.75 Å². The molecule has 1 fully saturated rings. The van der Waals surface area contributed by atoms with E-state index in [0.717, 1.165) is 17.0 Å². The highest BCUT2D eigenvalue weighted by molar-refractivity contribution is 6.25. The Kier molecular flexibility index (Phi) is 5.51. The van der Waals surface area contributed by atoms with Crippen molar-refractivity contribution >= 4 is 29.1 Å².